The maximum atomic E-state index is 13.0. The van der Waals surface area contributed by atoms with Crippen molar-refractivity contribution in [2.24, 2.45) is 0 Å². The monoisotopic (exact) mass is 245 g/mol. The first-order valence-electron chi connectivity index (χ1n) is 5.18. The van der Waals surface area contributed by atoms with Crippen molar-refractivity contribution in [1.29, 1.82) is 0 Å². The number of benzene rings is 2. The summed E-state index contributed by atoms with van der Waals surface area (Å²) in [6.07, 6.45) is 0. The molecule has 2 aromatic carbocycles. The van der Waals surface area contributed by atoms with Gasteiger partial charge in [-0.25, -0.2) is 9.02 Å². The Labute approximate surface area is 101 Å². The Balaban J connectivity index is 2.05. The highest BCUT2D eigenvalue weighted by molar-refractivity contribution is 5.90. The normalized spacial score (nSPS) is 10.7. The second kappa shape index (κ2) is 3.99. The Hall–Kier alpha value is -2.63. The van der Waals surface area contributed by atoms with Crippen LogP contribution in [0.2, 0.25) is 0 Å². The van der Waals surface area contributed by atoms with Gasteiger partial charge >= 0.3 is 0 Å². The van der Waals surface area contributed by atoms with Crippen molar-refractivity contribution in [3.05, 3.63) is 42.2 Å². The van der Waals surface area contributed by atoms with Gasteiger partial charge in [0.05, 0.1) is 5.69 Å². The average molecular weight is 245 g/mol. The highest BCUT2D eigenvalue weighted by Crippen LogP contribution is 2.30. The lowest BCUT2D eigenvalue weighted by molar-refractivity contribution is 0.314. The van der Waals surface area contributed by atoms with Crippen LogP contribution in [0, 0.1) is 5.82 Å². The molecule has 0 saturated carbocycles. The number of halogens is 1. The van der Waals surface area contributed by atoms with E-state index in [9.17, 15) is 4.39 Å². The second-order valence-electron chi connectivity index (χ2n) is 3.67. The fraction of sp³-hybridized carbons (Fsp3) is 0. The molecule has 0 atom stereocenters. The predicted molar refractivity (Wildman–Crippen MR) is 62.7 cm³/mol. The summed E-state index contributed by atoms with van der Waals surface area (Å²) in [5.74, 6) is 0.396. The third-order valence-corrected chi connectivity index (χ3v) is 2.43. The van der Waals surface area contributed by atoms with E-state index in [0.29, 0.717) is 28.2 Å². The van der Waals surface area contributed by atoms with Gasteiger partial charge in [-0.3, -0.25) is 0 Å². The van der Waals surface area contributed by atoms with Gasteiger partial charge in [-0.2, -0.15) is 0 Å². The van der Waals surface area contributed by atoms with Gasteiger partial charge in [0.2, 0.25) is 0 Å². The maximum absolute atomic E-state index is 13.0. The minimum Gasteiger partial charge on any atom is -0.455 e. The summed E-state index contributed by atoms with van der Waals surface area (Å²) in [7, 11) is 0. The first-order valence-corrected chi connectivity index (χ1v) is 5.18. The lowest BCUT2D eigenvalue weighted by Gasteiger charge is -2.05. The summed E-state index contributed by atoms with van der Waals surface area (Å²) in [5, 5.41) is 7.39. The molecule has 0 saturated heterocycles. The van der Waals surface area contributed by atoms with Gasteiger partial charge in [-0.15, -0.1) is 0 Å². The molecule has 6 heteroatoms. The molecule has 5 nitrogen and oxygen atoms in total. The van der Waals surface area contributed by atoms with Crippen molar-refractivity contribution < 1.29 is 13.8 Å². The van der Waals surface area contributed by atoms with Gasteiger partial charge in [-0.1, -0.05) is 6.07 Å². The SMILES string of the molecule is Nc1ccc(Oc2cccc(F)c2)c2nonc12. The minimum absolute atomic E-state index is 0.365. The van der Waals surface area contributed by atoms with Crippen molar-refractivity contribution in [3.8, 4) is 11.5 Å². The van der Waals surface area contributed by atoms with Gasteiger partial charge in [0.15, 0.2) is 16.8 Å². The molecule has 1 aromatic heterocycles. The largest absolute Gasteiger partial charge is 0.455 e. The van der Waals surface area contributed by atoms with E-state index in [1.165, 1.54) is 12.1 Å². The van der Waals surface area contributed by atoms with Crippen LogP contribution >= 0.6 is 0 Å². The second-order valence-corrected chi connectivity index (χ2v) is 3.67. The van der Waals surface area contributed by atoms with Gasteiger partial charge < -0.3 is 10.5 Å². The fourth-order valence-electron chi connectivity index (χ4n) is 1.60. The molecule has 0 fully saturated rings. The van der Waals surface area contributed by atoms with Crippen LogP contribution in [-0.2, 0) is 0 Å². The molecule has 0 unspecified atom stereocenters. The van der Waals surface area contributed by atoms with Gasteiger partial charge in [0, 0.05) is 6.07 Å². The molecule has 1 heterocycles. The van der Waals surface area contributed by atoms with Crippen LogP contribution in [0.4, 0.5) is 10.1 Å². The van der Waals surface area contributed by atoms with E-state index in [1.54, 1.807) is 24.3 Å². The molecule has 0 aliphatic carbocycles. The van der Waals surface area contributed by atoms with Gasteiger partial charge in [-0.05, 0) is 34.6 Å². The summed E-state index contributed by atoms with van der Waals surface area (Å²) < 4.78 is 23.2. The number of nitrogen functional groups attached to an aromatic ring is 1. The number of hydrogen-bond donors (Lipinski definition) is 1. The zero-order valence-corrected chi connectivity index (χ0v) is 9.13. The van der Waals surface area contributed by atoms with E-state index < -0.39 is 0 Å². The number of fused-ring (bicyclic) bond motifs is 1. The van der Waals surface area contributed by atoms with Crippen LogP contribution in [0.1, 0.15) is 0 Å². The number of nitrogens with zero attached hydrogens (tertiary/aromatic N) is 2. The third-order valence-electron chi connectivity index (χ3n) is 2.43. The van der Waals surface area contributed by atoms with Crippen molar-refractivity contribution in [2.75, 3.05) is 5.73 Å². The molecule has 0 radical (unpaired) electrons. The Morgan fingerprint density at radius 3 is 2.78 bits per heavy atom. The molecule has 0 bridgehead atoms. The summed E-state index contributed by atoms with van der Waals surface area (Å²) in [5.41, 5.74) is 6.97. The Kier molecular flexibility index (Phi) is 2.33. The average Bonchev–Trinajstić information content (AvgIpc) is 2.83. The summed E-state index contributed by atoms with van der Waals surface area (Å²) in [6, 6.07) is 9.06. The van der Waals surface area contributed by atoms with Crippen molar-refractivity contribution in [3.63, 3.8) is 0 Å². The van der Waals surface area contributed by atoms with E-state index in [2.05, 4.69) is 14.9 Å². The first kappa shape index (κ1) is 10.5. The van der Waals surface area contributed by atoms with Crippen LogP contribution in [0.15, 0.2) is 41.0 Å². The first-order chi connectivity index (χ1) is 8.74. The van der Waals surface area contributed by atoms with Crippen LogP contribution in [0.25, 0.3) is 11.0 Å². The van der Waals surface area contributed by atoms with E-state index in [4.69, 9.17) is 10.5 Å². The lowest BCUT2D eigenvalue weighted by Crippen LogP contribution is -1.90. The summed E-state index contributed by atoms with van der Waals surface area (Å²) in [4.78, 5) is 0. The molecule has 90 valence electrons. The van der Waals surface area contributed by atoms with E-state index >= 15 is 0 Å². The highest BCUT2D eigenvalue weighted by Gasteiger charge is 2.11. The van der Waals surface area contributed by atoms with Crippen LogP contribution in [-0.4, -0.2) is 10.3 Å². The van der Waals surface area contributed by atoms with Crippen LogP contribution < -0.4 is 10.5 Å². The Morgan fingerprint density at radius 1 is 1.11 bits per heavy atom. The topological polar surface area (TPSA) is 74.2 Å². The zero-order valence-electron chi connectivity index (χ0n) is 9.13. The number of ether oxygens (including phenoxy) is 1. The summed E-state index contributed by atoms with van der Waals surface area (Å²) >= 11 is 0. The molecule has 0 aliphatic rings. The standard InChI is InChI=1S/C12H8FN3O2/c13-7-2-1-3-8(6-7)17-10-5-4-9(14)11-12(10)16-18-15-11/h1-6H,14H2. The van der Waals surface area contributed by atoms with Gasteiger partial charge in [0.1, 0.15) is 11.6 Å². The molecular weight excluding hydrogens is 237 g/mol. The third kappa shape index (κ3) is 1.73. The van der Waals surface area contributed by atoms with Crippen LogP contribution in [0.5, 0.6) is 11.5 Å². The van der Waals surface area contributed by atoms with E-state index in [-0.39, 0.29) is 5.82 Å². The number of hydrogen-bond acceptors (Lipinski definition) is 5. The van der Waals surface area contributed by atoms with Crippen molar-refractivity contribution >= 4 is 16.7 Å². The van der Waals surface area contributed by atoms with Gasteiger partial charge in [0.25, 0.3) is 0 Å². The fourth-order valence-corrected chi connectivity index (χ4v) is 1.60. The molecule has 3 rings (SSSR count). The molecule has 3 aromatic rings. The lowest BCUT2D eigenvalue weighted by atomic mass is 10.2. The smallest absolute Gasteiger partial charge is 0.179 e. The Bertz CT molecular complexity index is 711. The zero-order chi connectivity index (χ0) is 12.5. The number of anilines is 1. The van der Waals surface area contributed by atoms with E-state index in [0.717, 1.165) is 0 Å². The Morgan fingerprint density at radius 2 is 1.94 bits per heavy atom. The number of aromatic nitrogens is 2. The maximum Gasteiger partial charge on any atom is 0.179 e. The predicted octanol–water partition coefficient (Wildman–Crippen LogP) is 2.74. The van der Waals surface area contributed by atoms with Crippen molar-refractivity contribution in [1.82, 2.24) is 10.3 Å². The molecule has 0 aliphatic heterocycles. The quantitative estimate of drug-likeness (QED) is 0.702. The molecule has 2 N–H and O–H groups in total. The molecule has 18 heavy (non-hydrogen) atoms. The number of rotatable bonds is 2. The van der Waals surface area contributed by atoms with E-state index in [1.807, 2.05) is 0 Å². The van der Waals surface area contributed by atoms with Crippen molar-refractivity contribution in [2.45, 2.75) is 0 Å². The molecule has 0 amide bonds. The van der Waals surface area contributed by atoms with Crippen LogP contribution in [0.3, 0.4) is 0 Å². The molecular formula is C12H8FN3O2. The number of nitrogens with two attached hydrogens (primary N) is 1. The minimum atomic E-state index is -0.377. The highest BCUT2D eigenvalue weighted by atomic mass is 19.1. The molecule has 0 spiro atoms. The summed E-state index contributed by atoms with van der Waals surface area (Å²) in [6.45, 7) is 0.